The fourth-order valence-corrected chi connectivity index (χ4v) is 3.57. The molecule has 0 saturated carbocycles. The monoisotopic (exact) mass is 339 g/mol. The molecule has 0 saturated heterocycles. The van der Waals surface area contributed by atoms with Gasteiger partial charge in [-0.3, -0.25) is 4.79 Å². The van der Waals surface area contributed by atoms with Crippen molar-refractivity contribution < 1.29 is 14.0 Å². The van der Waals surface area contributed by atoms with Crippen LogP contribution in [0, 0.1) is 5.82 Å². The van der Waals surface area contributed by atoms with Crippen molar-refractivity contribution in [1.82, 2.24) is 0 Å². The molecule has 2 aromatic carbocycles. The summed E-state index contributed by atoms with van der Waals surface area (Å²) in [5, 5.41) is 5.29. The number of aryl methyl sites for hydroxylation is 2. The first-order valence-electron chi connectivity index (χ1n) is 8.40. The smallest absolute Gasteiger partial charge is 0.312 e. The predicted molar refractivity (Wildman–Crippen MR) is 94.5 cm³/mol. The third-order valence-electron chi connectivity index (χ3n) is 4.65. The summed E-state index contributed by atoms with van der Waals surface area (Å²) in [6, 6.07) is 9.36. The first-order chi connectivity index (χ1) is 12.1. The highest BCUT2D eigenvalue weighted by atomic mass is 19.1. The topological polar surface area (TPSA) is 61.4 Å². The van der Waals surface area contributed by atoms with Gasteiger partial charge in [0.1, 0.15) is 5.82 Å². The summed E-state index contributed by atoms with van der Waals surface area (Å²) < 4.78 is 13.6. The van der Waals surface area contributed by atoms with Crippen molar-refractivity contribution in [1.29, 1.82) is 0 Å². The van der Waals surface area contributed by atoms with E-state index in [0.29, 0.717) is 18.5 Å². The Morgan fingerprint density at radius 1 is 1.04 bits per heavy atom. The molecule has 3 amide bonds. The molecule has 0 radical (unpaired) electrons. The SMILES string of the molecule is O=C(Nc1cc2c3c(c1)CCC(=O)N3CCC2)Nc1ccccc1F. The van der Waals surface area contributed by atoms with Gasteiger partial charge in [0.25, 0.3) is 0 Å². The molecule has 5 nitrogen and oxygen atoms in total. The maximum Gasteiger partial charge on any atom is 0.323 e. The number of hydrogen-bond donors (Lipinski definition) is 2. The van der Waals surface area contributed by atoms with Gasteiger partial charge in [0, 0.05) is 18.7 Å². The van der Waals surface area contributed by atoms with Gasteiger partial charge in [-0.15, -0.1) is 0 Å². The van der Waals surface area contributed by atoms with Crippen LogP contribution in [0.25, 0.3) is 0 Å². The second kappa shape index (κ2) is 6.20. The largest absolute Gasteiger partial charge is 0.323 e. The molecule has 2 aliphatic heterocycles. The molecule has 4 rings (SSSR count). The number of urea groups is 1. The van der Waals surface area contributed by atoms with Crippen LogP contribution in [0.4, 0.5) is 26.2 Å². The number of para-hydroxylation sites is 1. The quantitative estimate of drug-likeness (QED) is 0.876. The number of benzene rings is 2. The van der Waals surface area contributed by atoms with E-state index in [2.05, 4.69) is 10.6 Å². The molecule has 128 valence electrons. The summed E-state index contributed by atoms with van der Waals surface area (Å²) in [5.74, 6) is -0.307. The second-order valence-electron chi connectivity index (χ2n) is 6.35. The zero-order valence-electron chi connectivity index (χ0n) is 13.6. The lowest BCUT2D eigenvalue weighted by Crippen LogP contribution is -2.39. The van der Waals surface area contributed by atoms with Crippen LogP contribution >= 0.6 is 0 Å². The molecular formula is C19H18FN3O2. The molecule has 0 fully saturated rings. The lowest BCUT2D eigenvalue weighted by molar-refractivity contribution is -0.119. The normalized spacial score (nSPS) is 15.6. The number of halogens is 1. The number of rotatable bonds is 2. The fraction of sp³-hybridized carbons (Fsp3) is 0.263. The van der Waals surface area contributed by atoms with E-state index >= 15 is 0 Å². The second-order valence-corrected chi connectivity index (χ2v) is 6.35. The lowest BCUT2D eigenvalue weighted by atomic mass is 9.91. The number of carbonyl (C=O) groups excluding carboxylic acids is 2. The van der Waals surface area contributed by atoms with E-state index in [-0.39, 0.29) is 11.6 Å². The van der Waals surface area contributed by atoms with Crippen LogP contribution < -0.4 is 15.5 Å². The highest BCUT2D eigenvalue weighted by Crippen LogP contribution is 2.37. The molecule has 2 aliphatic rings. The molecule has 6 heteroatoms. The Kier molecular flexibility index (Phi) is 3.87. The Morgan fingerprint density at radius 3 is 2.60 bits per heavy atom. The van der Waals surface area contributed by atoms with E-state index in [0.717, 1.165) is 36.2 Å². The maximum atomic E-state index is 13.6. The van der Waals surface area contributed by atoms with Crippen LogP contribution in [0.15, 0.2) is 36.4 Å². The minimum atomic E-state index is -0.489. The van der Waals surface area contributed by atoms with Gasteiger partial charge >= 0.3 is 6.03 Å². The van der Waals surface area contributed by atoms with E-state index in [1.165, 1.54) is 12.1 Å². The van der Waals surface area contributed by atoms with Crippen LogP contribution in [0.5, 0.6) is 0 Å². The number of anilines is 3. The van der Waals surface area contributed by atoms with Gasteiger partial charge in [-0.25, -0.2) is 9.18 Å². The predicted octanol–water partition coefficient (Wildman–Crippen LogP) is 3.70. The van der Waals surface area contributed by atoms with Crippen LogP contribution in [0.3, 0.4) is 0 Å². The van der Waals surface area contributed by atoms with Crippen molar-refractivity contribution in [3.8, 4) is 0 Å². The fourth-order valence-electron chi connectivity index (χ4n) is 3.57. The zero-order chi connectivity index (χ0) is 17.4. The number of hydrogen-bond acceptors (Lipinski definition) is 2. The standard InChI is InChI=1S/C19H18FN3O2/c20-15-5-1-2-6-16(15)22-19(25)21-14-10-12-4-3-9-23-17(24)8-7-13(11-14)18(12)23/h1-2,5-6,10-11H,3-4,7-9H2,(H2,21,22,25). The molecule has 2 heterocycles. The van der Waals surface area contributed by atoms with Crippen molar-refractivity contribution in [3.63, 3.8) is 0 Å². The molecular weight excluding hydrogens is 321 g/mol. The average molecular weight is 339 g/mol. The third kappa shape index (κ3) is 2.95. The van der Waals surface area contributed by atoms with Crippen LogP contribution in [0.2, 0.25) is 0 Å². The van der Waals surface area contributed by atoms with Crippen molar-refractivity contribution in [2.75, 3.05) is 22.1 Å². The number of nitrogens with one attached hydrogen (secondary N) is 2. The Bertz CT molecular complexity index is 848. The summed E-state index contributed by atoms with van der Waals surface area (Å²) >= 11 is 0. The van der Waals surface area contributed by atoms with E-state index in [9.17, 15) is 14.0 Å². The van der Waals surface area contributed by atoms with E-state index < -0.39 is 11.8 Å². The highest BCUT2D eigenvalue weighted by molar-refractivity contribution is 6.02. The van der Waals surface area contributed by atoms with Crippen molar-refractivity contribution in [2.45, 2.75) is 25.7 Å². The van der Waals surface area contributed by atoms with Gasteiger partial charge in [-0.2, -0.15) is 0 Å². The molecule has 0 spiro atoms. The summed E-state index contributed by atoms with van der Waals surface area (Å²) in [6.07, 6.45) is 2.99. The summed E-state index contributed by atoms with van der Waals surface area (Å²) in [7, 11) is 0. The molecule has 2 N–H and O–H groups in total. The molecule has 0 atom stereocenters. The van der Waals surface area contributed by atoms with Crippen molar-refractivity contribution in [3.05, 3.63) is 53.3 Å². The summed E-state index contributed by atoms with van der Waals surface area (Å²) in [6.45, 7) is 0.763. The van der Waals surface area contributed by atoms with E-state index in [1.807, 2.05) is 17.0 Å². The van der Waals surface area contributed by atoms with Crippen LogP contribution in [-0.2, 0) is 17.6 Å². The minimum Gasteiger partial charge on any atom is -0.312 e. The molecule has 25 heavy (non-hydrogen) atoms. The Labute approximate surface area is 144 Å². The first kappa shape index (κ1) is 15.6. The molecule has 0 unspecified atom stereocenters. The van der Waals surface area contributed by atoms with Gasteiger partial charge in [-0.1, -0.05) is 12.1 Å². The minimum absolute atomic E-state index is 0.135. The van der Waals surface area contributed by atoms with E-state index in [4.69, 9.17) is 0 Å². The molecule has 2 aromatic rings. The van der Waals surface area contributed by atoms with E-state index in [1.54, 1.807) is 12.1 Å². The number of amides is 3. The van der Waals surface area contributed by atoms with Crippen LogP contribution in [-0.4, -0.2) is 18.5 Å². The molecule has 0 aromatic heterocycles. The van der Waals surface area contributed by atoms with Gasteiger partial charge in [0.2, 0.25) is 5.91 Å². The van der Waals surface area contributed by atoms with Gasteiger partial charge < -0.3 is 15.5 Å². The summed E-state index contributed by atoms with van der Waals surface area (Å²) in [5.41, 5.74) is 3.98. The van der Waals surface area contributed by atoms with Gasteiger partial charge in [0.15, 0.2) is 0 Å². The van der Waals surface area contributed by atoms with Gasteiger partial charge in [0.05, 0.1) is 11.4 Å². The van der Waals surface area contributed by atoms with Crippen molar-refractivity contribution in [2.24, 2.45) is 0 Å². The molecule has 0 bridgehead atoms. The Hall–Kier alpha value is -2.89. The Balaban J connectivity index is 1.57. The van der Waals surface area contributed by atoms with Crippen molar-refractivity contribution >= 4 is 29.0 Å². The average Bonchev–Trinajstić information content (AvgIpc) is 2.60. The highest BCUT2D eigenvalue weighted by Gasteiger charge is 2.29. The first-order valence-corrected chi connectivity index (χ1v) is 8.40. The zero-order valence-corrected chi connectivity index (χ0v) is 13.6. The third-order valence-corrected chi connectivity index (χ3v) is 4.65. The summed E-state index contributed by atoms with van der Waals surface area (Å²) in [4.78, 5) is 26.1. The van der Waals surface area contributed by atoms with Gasteiger partial charge in [-0.05, 0) is 54.7 Å². The number of nitrogens with zero attached hydrogens (tertiary/aromatic N) is 1. The van der Waals surface area contributed by atoms with Crippen LogP contribution in [0.1, 0.15) is 24.0 Å². The maximum absolute atomic E-state index is 13.6. The lowest BCUT2D eigenvalue weighted by Gasteiger charge is -2.35. The molecule has 0 aliphatic carbocycles. The number of carbonyl (C=O) groups is 2. The Morgan fingerprint density at radius 2 is 1.80 bits per heavy atom.